The lowest BCUT2D eigenvalue weighted by Crippen LogP contribution is -2.29. The quantitative estimate of drug-likeness (QED) is 0.188. The monoisotopic (exact) mass is 564 g/mol. The van der Waals surface area contributed by atoms with Crippen LogP contribution in [-0.4, -0.2) is 9.55 Å². The van der Waals surface area contributed by atoms with E-state index >= 15 is 0 Å². The van der Waals surface area contributed by atoms with Gasteiger partial charge in [0.1, 0.15) is 5.00 Å². The largest absolute Gasteiger partial charge is 0.301 e. The average molecular weight is 565 g/mol. The highest BCUT2D eigenvalue weighted by molar-refractivity contribution is 7.18. The van der Waals surface area contributed by atoms with Gasteiger partial charge in [-0.3, -0.25) is 4.98 Å². The Morgan fingerprint density at radius 2 is 1.45 bits per heavy atom. The number of pyridine rings is 1. The van der Waals surface area contributed by atoms with Crippen molar-refractivity contribution in [3.8, 4) is 26.7 Å². The smallest absolute Gasteiger partial charge is 0.101 e. The molecule has 0 bridgehead atoms. The summed E-state index contributed by atoms with van der Waals surface area (Å²) in [4.78, 5) is 6.33. The summed E-state index contributed by atoms with van der Waals surface area (Å²) in [6.45, 7) is 9.53. The van der Waals surface area contributed by atoms with Crippen LogP contribution in [0.4, 0.5) is 0 Å². The predicted octanol–water partition coefficient (Wildman–Crippen LogP) is 11.4. The molecule has 208 valence electrons. The number of rotatable bonds is 7. The molecule has 42 heavy (non-hydrogen) atoms. The molecule has 0 saturated carbocycles. The molecule has 3 heterocycles. The first-order valence-electron chi connectivity index (χ1n) is 15.1. The molecule has 0 aliphatic rings. The summed E-state index contributed by atoms with van der Waals surface area (Å²) in [7, 11) is 0. The van der Waals surface area contributed by atoms with Crippen LogP contribution in [0.1, 0.15) is 46.1 Å². The van der Waals surface area contributed by atoms with Crippen molar-refractivity contribution in [3.63, 3.8) is 0 Å². The maximum atomic E-state index is 5.05. The van der Waals surface area contributed by atoms with Crippen LogP contribution in [0.25, 0.3) is 59.3 Å². The van der Waals surface area contributed by atoms with Crippen molar-refractivity contribution >= 4 is 43.9 Å². The van der Waals surface area contributed by atoms with Crippen LogP contribution in [0.2, 0.25) is 0 Å². The van der Waals surface area contributed by atoms with E-state index in [9.17, 15) is 0 Å². The molecule has 0 radical (unpaired) electrons. The number of fused-ring (bicyclic) bond motifs is 4. The minimum absolute atomic E-state index is 0.0193. The van der Waals surface area contributed by atoms with Gasteiger partial charge in [-0.1, -0.05) is 119 Å². The third-order valence-corrected chi connectivity index (χ3v) is 10.8. The third-order valence-electron chi connectivity index (χ3n) is 9.66. The Labute approximate surface area is 252 Å². The highest BCUT2D eigenvalue weighted by Crippen LogP contribution is 2.49. The number of hydrogen-bond acceptors (Lipinski definition) is 2. The summed E-state index contributed by atoms with van der Waals surface area (Å²) in [5.74, 6) is 0.529. The Hall–Kier alpha value is -4.21. The predicted molar refractivity (Wildman–Crippen MR) is 182 cm³/mol. The number of aromatic nitrogens is 2. The van der Waals surface area contributed by atoms with Crippen molar-refractivity contribution in [1.82, 2.24) is 9.55 Å². The van der Waals surface area contributed by atoms with E-state index in [2.05, 4.69) is 141 Å². The Balaban J connectivity index is 1.55. The van der Waals surface area contributed by atoms with E-state index < -0.39 is 0 Å². The summed E-state index contributed by atoms with van der Waals surface area (Å²) in [6.07, 6.45) is 4.18. The zero-order chi connectivity index (χ0) is 28.8. The molecule has 0 spiro atoms. The summed E-state index contributed by atoms with van der Waals surface area (Å²) in [6, 6.07) is 39.7. The molecule has 4 aromatic carbocycles. The summed E-state index contributed by atoms with van der Waals surface area (Å²) in [5.41, 5.74) is 7.47. The lowest BCUT2D eigenvalue weighted by Gasteiger charge is -2.35. The molecule has 0 amide bonds. The second-order valence-corrected chi connectivity index (χ2v) is 12.8. The van der Waals surface area contributed by atoms with Crippen LogP contribution < -0.4 is 0 Å². The number of thiophene rings is 1. The Morgan fingerprint density at radius 1 is 0.738 bits per heavy atom. The molecule has 0 aliphatic carbocycles. The molecule has 0 N–H and O–H groups in total. The number of benzene rings is 4. The van der Waals surface area contributed by atoms with E-state index in [1.165, 1.54) is 59.1 Å². The summed E-state index contributed by atoms with van der Waals surface area (Å²) >= 11 is 1.89. The molecule has 7 rings (SSSR count). The molecule has 2 atom stereocenters. The lowest BCUT2D eigenvalue weighted by atomic mass is 9.69. The number of hydrogen-bond donors (Lipinski definition) is 0. The van der Waals surface area contributed by atoms with Gasteiger partial charge in [0.15, 0.2) is 0 Å². The van der Waals surface area contributed by atoms with E-state index in [1.807, 2.05) is 17.5 Å². The minimum Gasteiger partial charge on any atom is -0.301 e. The number of para-hydroxylation sites is 1. The van der Waals surface area contributed by atoms with Crippen LogP contribution in [0.15, 0.2) is 115 Å². The highest BCUT2D eigenvalue weighted by Gasteiger charge is 2.35. The maximum Gasteiger partial charge on any atom is 0.101 e. The molecule has 3 aromatic heterocycles. The molecule has 0 aliphatic heterocycles. The fourth-order valence-corrected chi connectivity index (χ4v) is 8.00. The van der Waals surface area contributed by atoms with Crippen LogP contribution >= 0.6 is 11.3 Å². The van der Waals surface area contributed by atoms with Gasteiger partial charge in [-0.15, -0.1) is 11.3 Å². The Morgan fingerprint density at radius 3 is 2.24 bits per heavy atom. The molecule has 0 saturated heterocycles. The van der Waals surface area contributed by atoms with Crippen LogP contribution in [0, 0.1) is 5.92 Å². The second kappa shape index (κ2) is 10.6. The fourth-order valence-electron chi connectivity index (χ4n) is 6.66. The summed E-state index contributed by atoms with van der Waals surface area (Å²) in [5, 5.41) is 6.26. The van der Waals surface area contributed by atoms with Gasteiger partial charge >= 0.3 is 0 Å². The van der Waals surface area contributed by atoms with Crippen LogP contribution in [-0.2, 0) is 5.41 Å². The summed E-state index contributed by atoms with van der Waals surface area (Å²) < 4.78 is 2.49. The molecule has 0 fully saturated rings. The average Bonchev–Trinajstić information content (AvgIpc) is 3.63. The standard InChI is InChI=1S/C39H36N2S/c1-5-26(3)39(4,6-2)33-25-36(42-38(33)37-30-17-11-10-16-28(30)22-23-40-37)41-34-19-13-12-18-31(34)32-21-20-29(24-35(32)41)27-14-8-7-9-15-27/h7-26H,5-6H2,1-4H3. The van der Waals surface area contributed by atoms with Gasteiger partial charge in [-0.05, 0) is 64.1 Å². The third kappa shape index (κ3) is 4.18. The van der Waals surface area contributed by atoms with Crippen molar-refractivity contribution in [2.45, 2.75) is 46.0 Å². The van der Waals surface area contributed by atoms with Crippen molar-refractivity contribution in [2.75, 3.05) is 0 Å². The molecular weight excluding hydrogens is 529 g/mol. The first-order chi connectivity index (χ1) is 20.5. The zero-order valence-electron chi connectivity index (χ0n) is 24.8. The van der Waals surface area contributed by atoms with Crippen molar-refractivity contribution in [1.29, 1.82) is 0 Å². The molecule has 3 heteroatoms. The van der Waals surface area contributed by atoms with Gasteiger partial charge in [0.25, 0.3) is 0 Å². The van der Waals surface area contributed by atoms with Gasteiger partial charge in [-0.2, -0.15) is 0 Å². The van der Waals surface area contributed by atoms with E-state index in [0.717, 1.165) is 18.5 Å². The second-order valence-electron chi connectivity index (χ2n) is 11.7. The first-order valence-corrected chi connectivity index (χ1v) is 15.9. The highest BCUT2D eigenvalue weighted by atomic mass is 32.1. The van der Waals surface area contributed by atoms with Crippen molar-refractivity contribution < 1.29 is 0 Å². The number of nitrogens with zero attached hydrogens (tertiary/aromatic N) is 2. The van der Waals surface area contributed by atoms with E-state index in [4.69, 9.17) is 4.98 Å². The SMILES string of the molecule is CCC(C)C(C)(CC)c1cc(-n2c3ccccc3c3ccc(-c4ccccc4)cc32)sc1-c1nccc2ccccc12. The Kier molecular flexibility index (Phi) is 6.71. The first kappa shape index (κ1) is 26.7. The van der Waals surface area contributed by atoms with Crippen LogP contribution in [0.5, 0.6) is 0 Å². The fraction of sp³-hybridized carbons (Fsp3) is 0.205. The van der Waals surface area contributed by atoms with Gasteiger partial charge in [-0.25, -0.2) is 0 Å². The zero-order valence-corrected chi connectivity index (χ0v) is 25.6. The van der Waals surface area contributed by atoms with Crippen molar-refractivity contribution in [3.05, 3.63) is 121 Å². The van der Waals surface area contributed by atoms with E-state index in [0.29, 0.717) is 5.92 Å². The van der Waals surface area contributed by atoms with E-state index in [1.54, 1.807) is 0 Å². The normalized spacial score (nSPS) is 14.0. The minimum atomic E-state index is 0.0193. The van der Waals surface area contributed by atoms with Gasteiger partial charge in [0, 0.05) is 22.4 Å². The van der Waals surface area contributed by atoms with Gasteiger partial charge < -0.3 is 4.57 Å². The Bertz CT molecular complexity index is 2040. The molecule has 2 nitrogen and oxygen atoms in total. The van der Waals surface area contributed by atoms with E-state index in [-0.39, 0.29) is 5.41 Å². The van der Waals surface area contributed by atoms with Gasteiger partial charge in [0.05, 0.1) is 21.6 Å². The van der Waals surface area contributed by atoms with Crippen molar-refractivity contribution in [2.24, 2.45) is 5.92 Å². The molecule has 2 unspecified atom stereocenters. The van der Waals surface area contributed by atoms with Crippen LogP contribution in [0.3, 0.4) is 0 Å². The molecule has 7 aromatic rings. The molecular formula is C39H36N2S. The lowest BCUT2D eigenvalue weighted by molar-refractivity contribution is 0.297. The van der Waals surface area contributed by atoms with Gasteiger partial charge in [0.2, 0.25) is 0 Å². The topological polar surface area (TPSA) is 17.8 Å². The maximum absolute atomic E-state index is 5.05.